The zero-order valence-electron chi connectivity index (χ0n) is 18.4. The number of carbonyl (C=O) groups excluding carboxylic acids is 2. The van der Waals surface area contributed by atoms with Gasteiger partial charge in [0.1, 0.15) is 6.61 Å². The van der Waals surface area contributed by atoms with Gasteiger partial charge in [-0.15, -0.1) is 0 Å². The van der Waals surface area contributed by atoms with Gasteiger partial charge in [-0.2, -0.15) is 0 Å². The van der Waals surface area contributed by atoms with E-state index >= 15 is 0 Å². The maximum Gasteiger partial charge on any atom is 0.342 e. The number of cyclic esters (lactones) is 1. The number of aromatic nitrogens is 1. The molecule has 0 radical (unpaired) electrons. The van der Waals surface area contributed by atoms with Crippen molar-refractivity contribution < 1.29 is 19.4 Å². The zero-order chi connectivity index (χ0) is 22.4. The average molecular weight is 434 g/mol. The van der Waals surface area contributed by atoms with E-state index in [4.69, 9.17) is 15.5 Å². The van der Waals surface area contributed by atoms with Crippen LogP contribution in [0.4, 0.5) is 0 Å². The molecule has 1 aliphatic carbocycles. The van der Waals surface area contributed by atoms with E-state index in [2.05, 4.69) is 19.1 Å². The molecule has 7 nitrogen and oxygen atoms in total. The van der Waals surface area contributed by atoms with Crippen molar-refractivity contribution in [2.45, 2.75) is 70.2 Å². The van der Waals surface area contributed by atoms with Gasteiger partial charge in [-0.05, 0) is 66.0 Å². The predicted molar refractivity (Wildman–Crippen MR) is 118 cm³/mol. The number of hydrogen-bond donors (Lipinski definition) is 2. The summed E-state index contributed by atoms with van der Waals surface area (Å²) in [4.78, 5) is 32.7. The third-order valence-corrected chi connectivity index (χ3v) is 8.08. The van der Waals surface area contributed by atoms with Gasteiger partial charge in [0, 0.05) is 24.0 Å². The Morgan fingerprint density at radius 2 is 2.16 bits per heavy atom. The molecule has 7 heteroatoms. The Morgan fingerprint density at radius 1 is 1.34 bits per heavy atom. The first-order chi connectivity index (χ1) is 15.4. The Bertz CT molecular complexity index is 1250. The quantitative estimate of drug-likeness (QED) is 0.705. The van der Waals surface area contributed by atoms with E-state index in [-0.39, 0.29) is 25.0 Å². The van der Waals surface area contributed by atoms with Crippen LogP contribution in [0.25, 0.3) is 10.9 Å². The van der Waals surface area contributed by atoms with Crippen LogP contribution in [0.2, 0.25) is 0 Å². The van der Waals surface area contributed by atoms with Crippen LogP contribution in [0.5, 0.6) is 0 Å². The van der Waals surface area contributed by atoms with Crippen LogP contribution in [0.15, 0.2) is 23.3 Å². The molecule has 0 bridgehead atoms. The number of rotatable bonds is 2. The SMILES string of the molecule is CC[C@@]1(O)C(=O)OCC2=C1CC1c3nc4cc5c(cc4c(CN)c3CN1C2=O)[C@@H](C)CC5. The van der Waals surface area contributed by atoms with Gasteiger partial charge in [-0.1, -0.05) is 13.8 Å². The summed E-state index contributed by atoms with van der Waals surface area (Å²) < 4.78 is 5.18. The summed E-state index contributed by atoms with van der Waals surface area (Å²) in [5, 5.41) is 12.2. The lowest BCUT2D eigenvalue weighted by molar-refractivity contribution is -0.165. The van der Waals surface area contributed by atoms with Crippen LogP contribution in [0.3, 0.4) is 0 Å². The first-order valence-electron chi connectivity index (χ1n) is 11.5. The van der Waals surface area contributed by atoms with Gasteiger partial charge in [-0.3, -0.25) is 9.78 Å². The summed E-state index contributed by atoms with van der Waals surface area (Å²) in [6.07, 6.45) is 2.76. The molecule has 0 spiro atoms. The third kappa shape index (κ3) is 2.41. The monoisotopic (exact) mass is 433 g/mol. The van der Waals surface area contributed by atoms with Crippen molar-refractivity contribution in [2.24, 2.45) is 5.73 Å². The minimum atomic E-state index is -1.75. The van der Waals surface area contributed by atoms with Gasteiger partial charge < -0.3 is 20.5 Å². The molecular weight excluding hydrogens is 406 g/mol. The molecule has 0 saturated carbocycles. The number of fused-ring (bicyclic) bond motifs is 5. The molecule has 3 N–H and O–H groups in total. The van der Waals surface area contributed by atoms with Gasteiger partial charge in [0.2, 0.25) is 0 Å². The van der Waals surface area contributed by atoms with Crippen molar-refractivity contribution in [1.29, 1.82) is 0 Å². The molecule has 3 atom stereocenters. The van der Waals surface area contributed by atoms with Crippen molar-refractivity contribution in [3.8, 4) is 0 Å². The van der Waals surface area contributed by atoms with Crippen molar-refractivity contribution in [3.05, 3.63) is 51.2 Å². The fraction of sp³-hybridized carbons (Fsp3) is 0.480. The molecule has 4 aliphatic rings. The summed E-state index contributed by atoms with van der Waals surface area (Å²) >= 11 is 0. The van der Waals surface area contributed by atoms with Crippen molar-refractivity contribution >= 4 is 22.8 Å². The summed E-state index contributed by atoms with van der Waals surface area (Å²) in [6.45, 7) is 4.72. The number of ether oxygens (including phenoxy) is 1. The Kier molecular flexibility index (Phi) is 4.11. The van der Waals surface area contributed by atoms with E-state index < -0.39 is 11.6 Å². The topological polar surface area (TPSA) is 106 Å². The second-order valence-corrected chi connectivity index (χ2v) is 9.57. The maximum absolute atomic E-state index is 13.4. The van der Waals surface area contributed by atoms with Gasteiger partial charge in [0.15, 0.2) is 5.60 Å². The molecule has 1 amide bonds. The van der Waals surface area contributed by atoms with Gasteiger partial charge >= 0.3 is 5.97 Å². The minimum Gasteiger partial charge on any atom is -0.458 e. The summed E-state index contributed by atoms with van der Waals surface area (Å²) in [7, 11) is 0. The first kappa shape index (κ1) is 19.9. The Labute approximate surface area is 186 Å². The normalized spacial score (nSPS) is 28.6. The lowest BCUT2D eigenvalue weighted by Crippen LogP contribution is -2.51. The Balaban J connectivity index is 1.52. The number of pyridine rings is 1. The first-order valence-corrected chi connectivity index (χ1v) is 11.5. The second-order valence-electron chi connectivity index (χ2n) is 9.57. The lowest BCUT2D eigenvalue weighted by Gasteiger charge is -2.41. The molecule has 2 aromatic rings. The van der Waals surface area contributed by atoms with Crippen LogP contribution in [0, 0.1) is 0 Å². The number of carbonyl (C=O) groups is 2. The van der Waals surface area contributed by atoms with Crippen LogP contribution in [0.1, 0.15) is 73.0 Å². The van der Waals surface area contributed by atoms with E-state index in [1.54, 1.807) is 11.8 Å². The molecule has 1 aromatic heterocycles. The molecule has 32 heavy (non-hydrogen) atoms. The lowest BCUT2D eigenvalue weighted by atomic mass is 9.79. The molecule has 0 fully saturated rings. The fourth-order valence-electron chi connectivity index (χ4n) is 6.16. The summed E-state index contributed by atoms with van der Waals surface area (Å²) in [5.74, 6) is -0.324. The number of nitrogens with zero attached hydrogens (tertiary/aromatic N) is 2. The van der Waals surface area contributed by atoms with Crippen molar-refractivity contribution in [2.75, 3.05) is 6.61 Å². The smallest absolute Gasteiger partial charge is 0.342 e. The highest BCUT2D eigenvalue weighted by molar-refractivity contribution is 6.01. The summed E-state index contributed by atoms with van der Waals surface area (Å²) in [6, 6.07) is 4.14. The number of aryl methyl sites for hydroxylation is 1. The maximum atomic E-state index is 13.4. The minimum absolute atomic E-state index is 0.0847. The predicted octanol–water partition coefficient (Wildman–Crippen LogP) is 2.52. The second kappa shape index (κ2) is 6.62. The molecular formula is C25H27N3O4. The highest BCUT2D eigenvalue weighted by Gasteiger charge is 2.52. The summed E-state index contributed by atoms with van der Waals surface area (Å²) in [5.41, 5.74) is 11.9. The van der Waals surface area contributed by atoms with Crippen LogP contribution in [-0.4, -0.2) is 39.1 Å². The highest BCUT2D eigenvalue weighted by Crippen LogP contribution is 2.49. The molecule has 6 rings (SSSR count). The van der Waals surface area contributed by atoms with E-state index in [9.17, 15) is 14.7 Å². The van der Waals surface area contributed by atoms with E-state index in [1.165, 1.54) is 11.1 Å². The standard InChI is InChI=1S/C25H27N3O4/c1-3-25(31)19-8-21-22-17(10-28(21)23(29)18(19)11-32-24(25)30)16(9-26)15-7-14-12(2)4-5-13(14)6-20(15)27-22/h6-7,12,21,31H,3-5,8-11,26H2,1-2H3/t12-,21?,25-/m0/s1. The number of aliphatic hydroxyl groups is 1. The molecule has 1 unspecified atom stereocenters. The number of amides is 1. The molecule has 3 aliphatic heterocycles. The third-order valence-electron chi connectivity index (χ3n) is 8.08. The van der Waals surface area contributed by atoms with Gasteiger partial charge in [-0.25, -0.2) is 4.79 Å². The fourth-order valence-corrected chi connectivity index (χ4v) is 6.16. The van der Waals surface area contributed by atoms with E-state index in [0.29, 0.717) is 36.6 Å². The van der Waals surface area contributed by atoms with E-state index in [1.807, 2.05) is 0 Å². The largest absolute Gasteiger partial charge is 0.458 e. The van der Waals surface area contributed by atoms with Crippen LogP contribution < -0.4 is 5.73 Å². The van der Waals surface area contributed by atoms with E-state index in [0.717, 1.165) is 40.6 Å². The average Bonchev–Trinajstić information content (AvgIpc) is 3.34. The zero-order valence-corrected chi connectivity index (χ0v) is 18.4. The molecule has 0 saturated heterocycles. The number of benzene rings is 1. The van der Waals surface area contributed by atoms with Crippen LogP contribution >= 0.6 is 0 Å². The molecule has 1 aromatic carbocycles. The molecule has 4 heterocycles. The van der Waals surface area contributed by atoms with Gasteiger partial charge in [0.05, 0.1) is 22.8 Å². The number of nitrogens with two attached hydrogens (primary N) is 1. The molecule has 166 valence electrons. The van der Waals surface area contributed by atoms with Crippen LogP contribution in [-0.2, 0) is 33.8 Å². The van der Waals surface area contributed by atoms with Crippen molar-refractivity contribution in [1.82, 2.24) is 9.88 Å². The van der Waals surface area contributed by atoms with Crippen molar-refractivity contribution in [3.63, 3.8) is 0 Å². The van der Waals surface area contributed by atoms with Gasteiger partial charge in [0.25, 0.3) is 5.91 Å². The highest BCUT2D eigenvalue weighted by atomic mass is 16.6. The number of esters is 1. The Morgan fingerprint density at radius 3 is 2.91 bits per heavy atom. The Hall–Kier alpha value is -2.77. The number of hydrogen-bond acceptors (Lipinski definition) is 6.